The molecule has 4 nitrogen and oxygen atoms in total. The van der Waals surface area contributed by atoms with E-state index in [1.54, 1.807) is 0 Å². The summed E-state index contributed by atoms with van der Waals surface area (Å²) < 4.78 is 2.13. The average Bonchev–Trinajstić information content (AvgIpc) is 3.10. The van der Waals surface area contributed by atoms with Gasteiger partial charge in [0.2, 0.25) is 0 Å². The van der Waals surface area contributed by atoms with Crippen molar-refractivity contribution in [3.05, 3.63) is 18.0 Å². The van der Waals surface area contributed by atoms with E-state index in [1.165, 1.54) is 25.7 Å². The fraction of sp³-hybridized carbons (Fsp3) is 0.812. The van der Waals surface area contributed by atoms with Crippen LogP contribution in [0.25, 0.3) is 0 Å². The average molecular weight is 277 g/mol. The van der Waals surface area contributed by atoms with Crippen LogP contribution in [0.2, 0.25) is 0 Å². The number of rotatable bonds is 4. The number of aliphatic hydroxyl groups is 1. The van der Waals surface area contributed by atoms with Crippen molar-refractivity contribution in [1.29, 1.82) is 0 Å². The number of hydrogen-bond acceptors (Lipinski definition) is 3. The molecule has 1 heterocycles. The Morgan fingerprint density at radius 2 is 2.00 bits per heavy atom. The minimum atomic E-state index is -0.539. The summed E-state index contributed by atoms with van der Waals surface area (Å²) in [5.74, 6) is 0. The predicted molar refractivity (Wildman–Crippen MR) is 79.7 cm³/mol. The molecular formula is C16H27N3O. The molecule has 0 aliphatic heterocycles. The lowest BCUT2D eigenvalue weighted by atomic mass is 9.79. The highest BCUT2D eigenvalue weighted by Gasteiger charge is 2.33. The van der Waals surface area contributed by atoms with Crippen molar-refractivity contribution in [3.63, 3.8) is 0 Å². The first-order valence-corrected chi connectivity index (χ1v) is 8.12. The highest BCUT2D eigenvalue weighted by molar-refractivity contribution is 5.06. The maximum absolute atomic E-state index is 10.7. The van der Waals surface area contributed by atoms with Gasteiger partial charge in [-0.3, -0.25) is 4.68 Å². The first-order valence-electron chi connectivity index (χ1n) is 8.12. The van der Waals surface area contributed by atoms with Crippen molar-refractivity contribution in [2.24, 2.45) is 0 Å². The highest BCUT2D eigenvalue weighted by Crippen LogP contribution is 2.32. The molecule has 0 aromatic carbocycles. The number of nitrogens with zero attached hydrogens (tertiary/aromatic N) is 2. The molecule has 3 rings (SSSR count). The second-order valence-electron chi connectivity index (χ2n) is 6.69. The molecular weight excluding hydrogens is 250 g/mol. The first-order chi connectivity index (χ1) is 9.68. The minimum Gasteiger partial charge on any atom is -0.389 e. The summed E-state index contributed by atoms with van der Waals surface area (Å²) >= 11 is 0. The monoisotopic (exact) mass is 277 g/mol. The van der Waals surface area contributed by atoms with Crippen LogP contribution in [0.5, 0.6) is 0 Å². The Morgan fingerprint density at radius 1 is 1.30 bits per heavy atom. The fourth-order valence-electron chi connectivity index (χ4n) is 3.80. The summed E-state index contributed by atoms with van der Waals surface area (Å²) in [7, 11) is 2.01. The van der Waals surface area contributed by atoms with Crippen molar-refractivity contribution >= 4 is 0 Å². The van der Waals surface area contributed by atoms with Gasteiger partial charge in [0.05, 0.1) is 17.3 Å². The van der Waals surface area contributed by atoms with E-state index in [0.29, 0.717) is 18.5 Å². The summed E-state index contributed by atoms with van der Waals surface area (Å²) in [6.07, 6.45) is 11.9. The van der Waals surface area contributed by atoms with E-state index in [9.17, 15) is 5.11 Å². The number of aromatic nitrogens is 2. The summed E-state index contributed by atoms with van der Waals surface area (Å²) in [6.45, 7) is 0. The van der Waals surface area contributed by atoms with E-state index >= 15 is 0 Å². The molecule has 1 aromatic heterocycles. The van der Waals surface area contributed by atoms with E-state index in [-0.39, 0.29) is 0 Å². The first kappa shape index (κ1) is 14.1. The molecule has 0 unspecified atom stereocenters. The number of nitrogens with one attached hydrogen (secondary N) is 1. The van der Waals surface area contributed by atoms with Gasteiger partial charge in [0.15, 0.2) is 0 Å². The Labute approximate surface area is 121 Å². The van der Waals surface area contributed by atoms with Gasteiger partial charge in [-0.1, -0.05) is 12.8 Å². The van der Waals surface area contributed by atoms with Crippen LogP contribution in [0.15, 0.2) is 12.3 Å². The lowest BCUT2D eigenvalue weighted by Crippen LogP contribution is -2.41. The number of hydrogen-bond donors (Lipinski definition) is 2. The molecule has 2 fully saturated rings. The third kappa shape index (κ3) is 3.07. The summed E-state index contributed by atoms with van der Waals surface area (Å²) in [5, 5.41) is 18.8. The molecule has 1 aromatic rings. The van der Waals surface area contributed by atoms with Crippen molar-refractivity contribution in [3.8, 4) is 0 Å². The third-order valence-electron chi connectivity index (χ3n) is 5.20. The second kappa shape index (κ2) is 5.86. The lowest BCUT2D eigenvalue weighted by molar-refractivity contribution is -0.00335. The SMILES string of the molecule is CNC1CCC(O)(Cc2ccn(C3CCCC3)n2)CC1. The van der Waals surface area contributed by atoms with Crippen molar-refractivity contribution in [2.75, 3.05) is 7.05 Å². The zero-order valence-electron chi connectivity index (χ0n) is 12.5. The van der Waals surface area contributed by atoms with Gasteiger partial charge < -0.3 is 10.4 Å². The summed E-state index contributed by atoms with van der Waals surface area (Å²) in [6, 6.07) is 3.27. The van der Waals surface area contributed by atoms with Gasteiger partial charge in [0.1, 0.15) is 0 Å². The quantitative estimate of drug-likeness (QED) is 0.888. The standard InChI is InChI=1S/C16H27N3O/c1-17-13-6-9-16(20,10-7-13)12-14-8-11-19(18-14)15-4-2-3-5-15/h8,11,13,15,17,20H,2-7,9-10,12H2,1H3. The maximum atomic E-state index is 10.7. The van der Waals surface area contributed by atoms with Gasteiger partial charge in [-0.25, -0.2) is 0 Å². The molecule has 0 spiro atoms. The Balaban J connectivity index is 1.60. The van der Waals surface area contributed by atoms with E-state index in [1.807, 2.05) is 7.05 Å². The van der Waals surface area contributed by atoms with Crippen molar-refractivity contribution in [2.45, 2.75) is 75.5 Å². The molecule has 4 heteroatoms. The molecule has 2 saturated carbocycles. The fourth-order valence-corrected chi connectivity index (χ4v) is 3.80. The van der Waals surface area contributed by atoms with E-state index < -0.39 is 5.60 Å². The molecule has 0 atom stereocenters. The molecule has 2 aliphatic carbocycles. The van der Waals surface area contributed by atoms with Gasteiger partial charge in [0, 0.05) is 18.7 Å². The van der Waals surface area contributed by atoms with Crippen molar-refractivity contribution in [1.82, 2.24) is 15.1 Å². The predicted octanol–water partition coefficient (Wildman–Crippen LogP) is 2.43. The topological polar surface area (TPSA) is 50.1 Å². The molecule has 2 aliphatic rings. The highest BCUT2D eigenvalue weighted by atomic mass is 16.3. The van der Waals surface area contributed by atoms with Gasteiger partial charge in [-0.15, -0.1) is 0 Å². The van der Waals surface area contributed by atoms with Crippen LogP contribution < -0.4 is 5.32 Å². The van der Waals surface area contributed by atoms with Gasteiger partial charge in [0.25, 0.3) is 0 Å². The Kier molecular flexibility index (Phi) is 4.13. The second-order valence-corrected chi connectivity index (χ2v) is 6.69. The van der Waals surface area contributed by atoms with Gasteiger partial charge in [-0.2, -0.15) is 5.10 Å². The van der Waals surface area contributed by atoms with Crippen LogP contribution >= 0.6 is 0 Å². The normalized spacial score (nSPS) is 31.8. The molecule has 0 bridgehead atoms. The smallest absolute Gasteiger partial charge is 0.0704 e. The van der Waals surface area contributed by atoms with Crippen LogP contribution in [0.4, 0.5) is 0 Å². The summed E-state index contributed by atoms with van der Waals surface area (Å²) in [4.78, 5) is 0. The van der Waals surface area contributed by atoms with Crippen LogP contribution in [-0.2, 0) is 6.42 Å². The van der Waals surface area contributed by atoms with E-state index in [4.69, 9.17) is 5.10 Å². The Bertz CT molecular complexity index is 429. The van der Waals surface area contributed by atoms with Crippen LogP contribution in [0.1, 0.15) is 63.1 Å². The molecule has 0 radical (unpaired) electrons. The Morgan fingerprint density at radius 3 is 2.65 bits per heavy atom. The maximum Gasteiger partial charge on any atom is 0.0704 e. The van der Waals surface area contributed by atoms with E-state index in [0.717, 1.165) is 31.4 Å². The molecule has 0 amide bonds. The van der Waals surface area contributed by atoms with Gasteiger partial charge in [-0.05, 0) is 51.6 Å². The molecule has 20 heavy (non-hydrogen) atoms. The van der Waals surface area contributed by atoms with Crippen LogP contribution in [0.3, 0.4) is 0 Å². The van der Waals surface area contributed by atoms with Crippen LogP contribution in [-0.4, -0.2) is 33.6 Å². The zero-order valence-corrected chi connectivity index (χ0v) is 12.5. The van der Waals surface area contributed by atoms with E-state index in [2.05, 4.69) is 22.3 Å². The molecule has 112 valence electrons. The van der Waals surface area contributed by atoms with Gasteiger partial charge >= 0.3 is 0 Å². The van der Waals surface area contributed by atoms with Crippen LogP contribution in [0, 0.1) is 0 Å². The third-order valence-corrected chi connectivity index (χ3v) is 5.20. The Hall–Kier alpha value is -0.870. The summed E-state index contributed by atoms with van der Waals surface area (Å²) in [5.41, 5.74) is 0.518. The lowest BCUT2D eigenvalue weighted by Gasteiger charge is -2.35. The zero-order chi connectivity index (χ0) is 14.0. The largest absolute Gasteiger partial charge is 0.389 e. The molecule has 0 saturated heterocycles. The molecule has 2 N–H and O–H groups in total. The minimum absolute atomic E-state index is 0.539. The van der Waals surface area contributed by atoms with Crippen molar-refractivity contribution < 1.29 is 5.11 Å².